The van der Waals surface area contributed by atoms with Gasteiger partial charge in [-0.25, -0.2) is 8.78 Å². The molecule has 5 heteroatoms. The molecule has 1 aromatic carbocycles. The van der Waals surface area contributed by atoms with Gasteiger partial charge in [-0.15, -0.1) is 0 Å². The van der Waals surface area contributed by atoms with E-state index in [1.54, 1.807) is 11.8 Å². The normalized spacial score (nSPS) is 34.6. The number of hydrogen-bond acceptors (Lipinski definition) is 2. The Morgan fingerprint density at radius 2 is 1.96 bits per heavy atom. The Morgan fingerprint density at radius 3 is 2.73 bits per heavy atom. The van der Waals surface area contributed by atoms with E-state index in [9.17, 15) is 13.6 Å². The van der Waals surface area contributed by atoms with Gasteiger partial charge in [0.1, 0.15) is 11.6 Å². The zero-order valence-corrected chi connectivity index (χ0v) is 16.1. The van der Waals surface area contributed by atoms with Gasteiger partial charge in [0.05, 0.1) is 0 Å². The van der Waals surface area contributed by atoms with Gasteiger partial charge in [-0.2, -0.15) is 11.8 Å². The second-order valence-corrected chi connectivity index (χ2v) is 9.54. The van der Waals surface area contributed by atoms with Gasteiger partial charge in [-0.1, -0.05) is 19.4 Å². The number of carbonyl (C=O) groups is 1. The van der Waals surface area contributed by atoms with Crippen molar-refractivity contribution < 1.29 is 13.6 Å². The lowest BCUT2D eigenvalue weighted by Gasteiger charge is -2.24. The van der Waals surface area contributed by atoms with E-state index >= 15 is 0 Å². The van der Waals surface area contributed by atoms with Crippen molar-refractivity contribution >= 4 is 17.7 Å². The zero-order chi connectivity index (χ0) is 18.3. The Balaban J connectivity index is 1.46. The van der Waals surface area contributed by atoms with Gasteiger partial charge >= 0.3 is 0 Å². The Labute approximate surface area is 158 Å². The first-order chi connectivity index (χ1) is 12.6. The van der Waals surface area contributed by atoms with Gasteiger partial charge in [0, 0.05) is 35.7 Å². The van der Waals surface area contributed by atoms with E-state index in [-0.39, 0.29) is 34.5 Å². The molecule has 2 heterocycles. The molecule has 2 aliphatic heterocycles. The molecule has 1 amide bonds. The molecular weight excluding hydrogens is 352 g/mol. The Hall–Kier alpha value is -1.10. The van der Waals surface area contributed by atoms with Crippen molar-refractivity contribution in [3.05, 3.63) is 35.4 Å². The maximum absolute atomic E-state index is 14.3. The van der Waals surface area contributed by atoms with E-state index in [1.165, 1.54) is 31.0 Å². The number of benzene rings is 1. The third kappa shape index (κ3) is 3.51. The van der Waals surface area contributed by atoms with Crippen LogP contribution in [0.4, 0.5) is 8.78 Å². The molecule has 5 unspecified atom stereocenters. The molecule has 26 heavy (non-hydrogen) atoms. The Kier molecular flexibility index (Phi) is 5.27. The summed E-state index contributed by atoms with van der Waals surface area (Å²) in [5.41, 5.74) is 0.240. The lowest BCUT2D eigenvalue weighted by atomic mass is 9.89. The van der Waals surface area contributed by atoms with E-state index in [4.69, 9.17) is 0 Å². The van der Waals surface area contributed by atoms with Crippen LogP contribution < -0.4 is 0 Å². The van der Waals surface area contributed by atoms with Crippen LogP contribution in [0.5, 0.6) is 0 Å². The zero-order valence-electron chi connectivity index (χ0n) is 15.3. The molecule has 2 nitrogen and oxygen atoms in total. The minimum absolute atomic E-state index is 0.0632. The summed E-state index contributed by atoms with van der Waals surface area (Å²) in [6.07, 6.45) is 5.17. The summed E-state index contributed by atoms with van der Waals surface area (Å²) >= 11 is 1.80. The fourth-order valence-electron chi connectivity index (χ4n) is 4.86. The first-order valence-corrected chi connectivity index (χ1v) is 11.0. The summed E-state index contributed by atoms with van der Waals surface area (Å²) in [5, 5.41) is 0.166. The number of nitrogens with zero attached hydrogens (tertiary/aromatic N) is 1. The highest BCUT2D eigenvalue weighted by molar-refractivity contribution is 8.00. The maximum Gasteiger partial charge on any atom is 0.226 e. The number of likely N-dealkylation sites (tertiary alicyclic amines) is 1. The number of amides is 1. The van der Waals surface area contributed by atoms with Crippen LogP contribution in [0.15, 0.2) is 18.2 Å². The molecule has 4 rings (SSSR count). The van der Waals surface area contributed by atoms with Crippen molar-refractivity contribution in [3.8, 4) is 0 Å². The quantitative estimate of drug-likeness (QED) is 0.749. The highest BCUT2D eigenvalue weighted by atomic mass is 32.2. The molecule has 3 aliphatic rings. The van der Waals surface area contributed by atoms with E-state index in [0.717, 1.165) is 38.1 Å². The van der Waals surface area contributed by atoms with Crippen molar-refractivity contribution in [2.45, 2.75) is 50.2 Å². The summed E-state index contributed by atoms with van der Waals surface area (Å²) in [4.78, 5) is 15.0. The summed E-state index contributed by atoms with van der Waals surface area (Å²) in [5.74, 6) is 1.13. The van der Waals surface area contributed by atoms with Crippen molar-refractivity contribution in [1.82, 2.24) is 4.90 Å². The van der Waals surface area contributed by atoms with Gasteiger partial charge in [0.25, 0.3) is 0 Å². The topological polar surface area (TPSA) is 20.3 Å². The summed E-state index contributed by atoms with van der Waals surface area (Å²) in [7, 11) is 0. The third-order valence-corrected chi connectivity index (χ3v) is 7.84. The SMILES string of the molecule is CC1CCCCN(C(=O)C2CC2C2SCCC2c2c(F)cccc2F)C1. The minimum atomic E-state index is -0.438. The number of carbonyl (C=O) groups excluding carboxylic acids is 1. The molecule has 1 aliphatic carbocycles. The maximum atomic E-state index is 14.3. The van der Waals surface area contributed by atoms with Gasteiger partial charge in [0.15, 0.2) is 0 Å². The number of hydrogen-bond donors (Lipinski definition) is 0. The van der Waals surface area contributed by atoms with Crippen LogP contribution in [0.3, 0.4) is 0 Å². The second kappa shape index (κ2) is 7.49. The summed E-state index contributed by atoms with van der Waals surface area (Å²) in [6.45, 7) is 3.96. The van der Waals surface area contributed by atoms with E-state index in [2.05, 4.69) is 11.8 Å². The predicted octanol–water partition coefficient (Wildman–Crippen LogP) is 4.84. The number of halogens is 2. The fourth-order valence-corrected chi connectivity index (χ4v) is 6.57. The van der Waals surface area contributed by atoms with E-state index < -0.39 is 11.6 Å². The van der Waals surface area contributed by atoms with Crippen LogP contribution in [-0.4, -0.2) is 34.9 Å². The molecule has 2 saturated heterocycles. The monoisotopic (exact) mass is 379 g/mol. The lowest BCUT2D eigenvalue weighted by molar-refractivity contribution is -0.133. The molecule has 3 fully saturated rings. The number of rotatable bonds is 3. The largest absolute Gasteiger partial charge is 0.342 e. The van der Waals surface area contributed by atoms with Crippen molar-refractivity contribution in [3.63, 3.8) is 0 Å². The van der Waals surface area contributed by atoms with Gasteiger partial charge in [-0.05, 0) is 55.4 Å². The predicted molar refractivity (Wildman–Crippen MR) is 101 cm³/mol. The Bertz CT molecular complexity index is 662. The molecule has 0 aromatic heterocycles. The highest BCUT2D eigenvalue weighted by Crippen LogP contribution is 2.55. The molecule has 1 aromatic rings. The molecule has 0 spiro atoms. The lowest BCUT2D eigenvalue weighted by Crippen LogP contribution is -2.36. The van der Waals surface area contributed by atoms with Crippen LogP contribution in [0, 0.1) is 29.4 Å². The molecule has 0 bridgehead atoms. The first-order valence-electron chi connectivity index (χ1n) is 9.90. The van der Waals surface area contributed by atoms with Crippen molar-refractivity contribution in [2.24, 2.45) is 17.8 Å². The average molecular weight is 380 g/mol. The molecule has 142 valence electrons. The smallest absolute Gasteiger partial charge is 0.226 e. The first kappa shape index (κ1) is 18.3. The highest BCUT2D eigenvalue weighted by Gasteiger charge is 2.53. The molecule has 1 saturated carbocycles. The third-order valence-electron chi connectivity index (χ3n) is 6.30. The van der Waals surface area contributed by atoms with Gasteiger partial charge in [-0.3, -0.25) is 4.79 Å². The van der Waals surface area contributed by atoms with E-state index in [0.29, 0.717) is 5.92 Å². The molecule has 0 N–H and O–H groups in total. The van der Waals surface area contributed by atoms with Crippen LogP contribution >= 0.6 is 11.8 Å². The van der Waals surface area contributed by atoms with Gasteiger partial charge < -0.3 is 4.90 Å². The molecule has 0 radical (unpaired) electrons. The second-order valence-electron chi connectivity index (χ2n) is 8.26. The Morgan fingerprint density at radius 1 is 1.19 bits per heavy atom. The minimum Gasteiger partial charge on any atom is -0.342 e. The fraction of sp³-hybridized carbons (Fsp3) is 0.667. The molecule has 5 atom stereocenters. The standard InChI is InChI=1S/C21H27F2NOS/c1-13-5-2-3-9-24(12-13)21(25)16-11-15(16)20-14(8-10-26-20)19-17(22)6-4-7-18(19)23/h4,6-7,13-16,20H,2-3,5,8-12H2,1H3. The van der Waals surface area contributed by atoms with Crippen LogP contribution in [0.2, 0.25) is 0 Å². The van der Waals surface area contributed by atoms with Crippen LogP contribution in [-0.2, 0) is 4.79 Å². The van der Waals surface area contributed by atoms with E-state index in [1.807, 2.05) is 0 Å². The van der Waals surface area contributed by atoms with Crippen LogP contribution in [0.25, 0.3) is 0 Å². The average Bonchev–Trinajstić information content (AvgIpc) is 3.32. The molecular formula is C21H27F2NOS. The van der Waals surface area contributed by atoms with Crippen molar-refractivity contribution in [2.75, 3.05) is 18.8 Å². The summed E-state index contributed by atoms with van der Waals surface area (Å²) < 4.78 is 28.5. The van der Waals surface area contributed by atoms with Gasteiger partial charge in [0.2, 0.25) is 5.91 Å². The number of thioether (sulfide) groups is 1. The van der Waals surface area contributed by atoms with Crippen LogP contribution in [0.1, 0.15) is 50.5 Å². The van der Waals surface area contributed by atoms with Crippen molar-refractivity contribution in [1.29, 1.82) is 0 Å². The summed E-state index contributed by atoms with van der Waals surface area (Å²) in [6, 6.07) is 4.13.